The molecule has 0 N–H and O–H groups in total. The minimum Gasteiger partial charge on any atom is -0.378 e. The number of amides is 2. The molecule has 0 saturated carbocycles. The highest BCUT2D eigenvalue weighted by molar-refractivity contribution is 5.92. The zero-order valence-electron chi connectivity index (χ0n) is 20.9. The number of hydrogen-bond donors (Lipinski definition) is 0. The first kappa shape index (κ1) is 25.3. The first-order valence-corrected chi connectivity index (χ1v) is 13.0. The average Bonchev–Trinajstić information content (AvgIpc) is 3.38. The molecule has 1 fully saturated rings. The third kappa shape index (κ3) is 7.36. The molecule has 2 aliphatic rings. The van der Waals surface area contributed by atoms with Crippen molar-refractivity contribution >= 4 is 17.5 Å². The van der Waals surface area contributed by atoms with Crippen LogP contribution in [0.25, 0.3) is 0 Å². The van der Waals surface area contributed by atoms with Crippen LogP contribution in [0.2, 0.25) is 0 Å². The Balaban J connectivity index is 1.52. The molecule has 35 heavy (non-hydrogen) atoms. The molecule has 2 amide bonds. The summed E-state index contributed by atoms with van der Waals surface area (Å²) in [5.74, 6) is 0.199. The number of hydrogen-bond acceptors (Lipinski definition) is 5. The molecule has 1 saturated heterocycles. The Morgan fingerprint density at radius 1 is 1.03 bits per heavy atom. The Hall–Kier alpha value is -2.77. The van der Waals surface area contributed by atoms with E-state index in [0.29, 0.717) is 26.1 Å². The van der Waals surface area contributed by atoms with Crippen LogP contribution in [0.1, 0.15) is 56.6 Å². The van der Waals surface area contributed by atoms with Gasteiger partial charge in [-0.05, 0) is 55.4 Å². The molecule has 4 rings (SSSR count). The van der Waals surface area contributed by atoms with E-state index >= 15 is 0 Å². The van der Waals surface area contributed by atoms with Crippen LogP contribution in [-0.2, 0) is 27.4 Å². The van der Waals surface area contributed by atoms with Crippen molar-refractivity contribution in [3.8, 4) is 0 Å². The molecule has 3 heterocycles. The standard InChI is InChI=1S/C28H38N4O3/c1-23(33)32-18-7-16-30(21-24-8-4-14-29-20-24)15-6-17-31(22-25-9-2-3-11-27(25)32)28(34)13-12-26-10-5-19-35-26/h2-4,8-9,11,14,20,26H,5-7,10,12-13,15-19,21-22H2,1H3. The summed E-state index contributed by atoms with van der Waals surface area (Å²) in [4.78, 5) is 36.5. The van der Waals surface area contributed by atoms with Gasteiger partial charge in [0.25, 0.3) is 0 Å². The van der Waals surface area contributed by atoms with E-state index in [9.17, 15) is 9.59 Å². The fraction of sp³-hybridized carbons (Fsp3) is 0.536. The third-order valence-corrected chi connectivity index (χ3v) is 6.97. The summed E-state index contributed by atoms with van der Waals surface area (Å²) < 4.78 is 5.74. The highest BCUT2D eigenvalue weighted by atomic mass is 16.5. The molecule has 1 unspecified atom stereocenters. The number of ether oxygens (including phenoxy) is 1. The van der Waals surface area contributed by atoms with Crippen LogP contribution in [0.4, 0.5) is 5.69 Å². The monoisotopic (exact) mass is 478 g/mol. The molecular weight excluding hydrogens is 440 g/mol. The fourth-order valence-electron chi connectivity index (χ4n) is 5.12. The lowest BCUT2D eigenvalue weighted by Crippen LogP contribution is -2.38. The number of aromatic nitrogens is 1. The number of anilines is 1. The summed E-state index contributed by atoms with van der Waals surface area (Å²) in [6.45, 7) is 6.90. The fourth-order valence-corrected chi connectivity index (χ4v) is 5.12. The second kappa shape index (κ2) is 12.8. The molecule has 7 nitrogen and oxygen atoms in total. The van der Waals surface area contributed by atoms with Crippen LogP contribution in [-0.4, -0.2) is 65.5 Å². The van der Waals surface area contributed by atoms with Crippen molar-refractivity contribution in [2.75, 3.05) is 37.7 Å². The Morgan fingerprint density at radius 3 is 2.60 bits per heavy atom. The highest BCUT2D eigenvalue weighted by Crippen LogP contribution is 2.25. The van der Waals surface area contributed by atoms with E-state index < -0.39 is 0 Å². The van der Waals surface area contributed by atoms with Crippen molar-refractivity contribution in [3.05, 3.63) is 59.9 Å². The zero-order chi connectivity index (χ0) is 24.5. The number of rotatable bonds is 5. The molecule has 7 heteroatoms. The van der Waals surface area contributed by atoms with Gasteiger partial charge in [0.15, 0.2) is 0 Å². The predicted molar refractivity (Wildman–Crippen MR) is 137 cm³/mol. The smallest absolute Gasteiger partial charge is 0.223 e. The number of pyridine rings is 1. The van der Waals surface area contributed by atoms with Gasteiger partial charge in [-0.1, -0.05) is 24.3 Å². The molecule has 1 aromatic heterocycles. The van der Waals surface area contributed by atoms with E-state index in [1.165, 1.54) is 5.56 Å². The lowest BCUT2D eigenvalue weighted by molar-refractivity contribution is -0.132. The number of carbonyl (C=O) groups is 2. The van der Waals surface area contributed by atoms with Crippen LogP contribution in [0.15, 0.2) is 48.8 Å². The number of para-hydroxylation sites is 1. The van der Waals surface area contributed by atoms with Gasteiger partial charge in [0, 0.05) is 77.3 Å². The number of fused-ring (bicyclic) bond motifs is 1. The van der Waals surface area contributed by atoms with Gasteiger partial charge in [0.2, 0.25) is 11.8 Å². The number of nitrogens with zero attached hydrogens (tertiary/aromatic N) is 4. The number of carbonyl (C=O) groups excluding carboxylic acids is 2. The van der Waals surface area contributed by atoms with Gasteiger partial charge in [-0.3, -0.25) is 19.5 Å². The molecule has 0 bridgehead atoms. The van der Waals surface area contributed by atoms with E-state index in [4.69, 9.17) is 4.74 Å². The topological polar surface area (TPSA) is 66.0 Å². The summed E-state index contributed by atoms with van der Waals surface area (Å²) in [6.07, 6.45) is 9.13. The largest absolute Gasteiger partial charge is 0.378 e. The van der Waals surface area contributed by atoms with E-state index in [1.54, 1.807) is 13.1 Å². The SMILES string of the molecule is CC(=O)N1CCCN(Cc2cccnc2)CCCN(C(=O)CCC2CCCO2)Cc2ccccc21. The van der Waals surface area contributed by atoms with E-state index in [1.807, 2.05) is 46.3 Å². The maximum atomic E-state index is 13.3. The summed E-state index contributed by atoms with van der Waals surface area (Å²) in [7, 11) is 0. The molecule has 1 aromatic carbocycles. The molecular formula is C28H38N4O3. The van der Waals surface area contributed by atoms with Gasteiger partial charge in [-0.2, -0.15) is 0 Å². The predicted octanol–water partition coefficient (Wildman–Crippen LogP) is 4.02. The number of benzene rings is 1. The van der Waals surface area contributed by atoms with Gasteiger partial charge >= 0.3 is 0 Å². The second-order valence-corrected chi connectivity index (χ2v) is 9.63. The summed E-state index contributed by atoms with van der Waals surface area (Å²) in [5, 5.41) is 0. The van der Waals surface area contributed by atoms with E-state index in [2.05, 4.69) is 16.0 Å². The van der Waals surface area contributed by atoms with Crippen LogP contribution in [0.3, 0.4) is 0 Å². The van der Waals surface area contributed by atoms with Gasteiger partial charge in [-0.15, -0.1) is 0 Å². The highest BCUT2D eigenvalue weighted by Gasteiger charge is 2.23. The first-order valence-electron chi connectivity index (χ1n) is 13.0. The van der Waals surface area contributed by atoms with Crippen molar-refractivity contribution in [1.29, 1.82) is 0 Å². The van der Waals surface area contributed by atoms with Gasteiger partial charge in [0.1, 0.15) is 0 Å². The van der Waals surface area contributed by atoms with Crippen molar-refractivity contribution in [2.45, 2.75) is 64.6 Å². The van der Waals surface area contributed by atoms with E-state index in [-0.39, 0.29) is 17.9 Å². The summed E-state index contributed by atoms with van der Waals surface area (Å²) >= 11 is 0. The Morgan fingerprint density at radius 2 is 1.86 bits per heavy atom. The zero-order valence-corrected chi connectivity index (χ0v) is 20.9. The second-order valence-electron chi connectivity index (χ2n) is 9.63. The third-order valence-electron chi connectivity index (χ3n) is 6.97. The van der Waals surface area contributed by atoms with Crippen molar-refractivity contribution < 1.29 is 14.3 Å². The van der Waals surface area contributed by atoms with Gasteiger partial charge in [-0.25, -0.2) is 0 Å². The average molecular weight is 479 g/mol. The molecule has 2 aliphatic heterocycles. The summed E-state index contributed by atoms with van der Waals surface area (Å²) in [5.41, 5.74) is 3.12. The van der Waals surface area contributed by atoms with Crippen LogP contribution >= 0.6 is 0 Å². The van der Waals surface area contributed by atoms with Crippen LogP contribution in [0, 0.1) is 0 Å². The van der Waals surface area contributed by atoms with Crippen molar-refractivity contribution in [3.63, 3.8) is 0 Å². The van der Waals surface area contributed by atoms with E-state index in [0.717, 1.165) is 69.6 Å². The summed E-state index contributed by atoms with van der Waals surface area (Å²) in [6, 6.07) is 12.1. The molecule has 188 valence electrons. The van der Waals surface area contributed by atoms with Gasteiger partial charge < -0.3 is 14.5 Å². The maximum absolute atomic E-state index is 13.3. The quantitative estimate of drug-likeness (QED) is 0.650. The Kier molecular flexibility index (Phi) is 9.26. The molecule has 1 atom stereocenters. The van der Waals surface area contributed by atoms with Gasteiger partial charge in [0.05, 0.1) is 6.10 Å². The maximum Gasteiger partial charge on any atom is 0.223 e. The molecule has 0 aliphatic carbocycles. The molecule has 2 aromatic rings. The first-order chi connectivity index (χ1) is 17.1. The van der Waals surface area contributed by atoms with Crippen molar-refractivity contribution in [2.24, 2.45) is 0 Å². The Labute approximate surface area is 209 Å². The Bertz CT molecular complexity index is 962. The molecule has 0 spiro atoms. The van der Waals surface area contributed by atoms with Crippen LogP contribution < -0.4 is 4.90 Å². The lowest BCUT2D eigenvalue weighted by atomic mass is 10.1. The minimum absolute atomic E-state index is 0.0320. The molecule has 0 radical (unpaired) electrons. The van der Waals surface area contributed by atoms with Crippen molar-refractivity contribution in [1.82, 2.24) is 14.8 Å². The lowest BCUT2D eigenvalue weighted by Gasteiger charge is -2.31. The van der Waals surface area contributed by atoms with Crippen LogP contribution in [0.5, 0.6) is 0 Å². The minimum atomic E-state index is 0.0320. The normalized spacial score (nSPS) is 20.1.